The molecular formula is C13H18N4O. The van der Waals surface area contributed by atoms with Crippen LogP contribution in [0, 0.1) is 0 Å². The lowest BCUT2D eigenvalue weighted by Crippen LogP contribution is -2.48. The number of nitrogens with zero attached hydrogens (tertiary/aromatic N) is 2. The number of aromatic nitrogens is 2. The number of para-hydroxylation sites is 2. The first-order chi connectivity index (χ1) is 8.39. The summed E-state index contributed by atoms with van der Waals surface area (Å²) in [4.78, 5) is 16.2. The van der Waals surface area contributed by atoms with Crippen molar-refractivity contribution in [2.75, 3.05) is 0 Å². The van der Waals surface area contributed by atoms with Crippen molar-refractivity contribution in [3.8, 4) is 0 Å². The molecule has 0 saturated carbocycles. The molecule has 0 bridgehead atoms. The summed E-state index contributed by atoms with van der Waals surface area (Å²) in [6.07, 6.45) is 0. The largest absolute Gasteiger partial charge is 0.347 e. The second-order valence-corrected chi connectivity index (χ2v) is 4.98. The molecule has 0 unspecified atom stereocenters. The van der Waals surface area contributed by atoms with E-state index in [1.54, 1.807) is 13.8 Å². The van der Waals surface area contributed by atoms with Gasteiger partial charge >= 0.3 is 0 Å². The molecule has 1 amide bonds. The summed E-state index contributed by atoms with van der Waals surface area (Å²) in [6.45, 7) is 3.74. The molecule has 5 heteroatoms. The molecule has 0 aliphatic heterocycles. The van der Waals surface area contributed by atoms with E-state index in [-0.39, 0.29) is 5.91 Å². The number of aryl methyl sites for hydroxylation is 1. The average molecular weight is 246 g/mol. The van der Waals surface area contributed by atoms with Crippen LogP contribution in [0.15, 0.2) is 24.3 Å². The van der Waals surface area contributed by atoms with E-state index in [0.29, 0.717) is 6.54 Å². The Bertz CT molecular complexity index is 580. The van der Waals surface area contributed by atoms with Crippen LogP contribution in [0.1, 0.15) is 19.7 Å². The molecule has 3 N–H and O–H groups in total. The molecule has 2 rings (SSSR count). The van der Waals surface area contributed by atoms with Gasteiger partial charge in [-0.3, -0.25) is 4.79 Å². The highest BCUT2D eigenvalue weighted by atomic mass is 16.2. The van der Waals surface area contributed by atoms with Gasteiger partial charge in [0, 0.05) is 7.05 Å². The number of fused-ring (bicyclic) bond motifs is 1. The first-order valence-corrected chi connectivity index (χ1v) is 5.87. The topological polar surface area (TPSA) is 72.9 Å². The summed E-state index contributed by atoms with van der Waals surface area (Å²) < 4.78 is 1.97. The van der Waals surface area contributed by atoms with Crippen molar-refractivity contribution in [2.24, 2.45) is 12.8 Å². The normalized spacial score (nSPS) is 11.8. The van der Waals surface area contributed by atoms with Gasteiger partial charge in [0.05, 0.1) is 23.1 Å². The van der Waals surface area contributed by atoms with Crippen molar-refractivity contribution in [3.63, 3.8) is 0 Å². The Hall–Kier alpha value is -1.88. The zero-order chi connectivity index (χ0) is 13.3. The standard InChI is InChI=1S/C13H18N4O/c1-13(2,14)12(18)15-8-11-16-9-6-4-5-7-10(9)17(11)3/h4-7H,8,14H2,1-3H3,(H,15,18). The lowest BCUT2D eigenvalue weighted by atomic mass is 10.1. The molecule has 18 heavy (non-hydrogen) atoms. The minimum atomic E-state index is -0.870. The highest BCUT2D eigenvalue weighted by Crippen LogP contribution is 2.14. The first kappa shape index (κ1) is 12.6. The molecular weight excluding hydrogens is 228 g/mol. The van der Waals surface area contributed by atoms with E-state index >= 15 is 0 Å². The van der Waals surface area contributed by atoms with Crippen LogP contribution in [0.5, 0.6) is 0 Å². The molecule has 5 nitrogen and oxygen atoms in total. The Balaban J connectivity index is 2.18. The van der Waals surface area contributed by atoms with Gasteiger partial charge in [0.15, 0.2) is 0 Å². The number of carbonyl (C=O) groups is 1. The molecule has 1 aromatic carbocycles. The molecule has 1 aromatic heterocycles. The number of nitrogens with two attached hydrogens (primary N) is 1. The van der Waals surface area contributed by atoms with Crippen molar-refractivity contribution in [2.45, 2.75) is 25.9 Å². The Morgan fingerprint density at radius 3 is 2.72 bits per heavy atom. The zero-order valence-corrected chi connectivity index (χ0v) is 10.9. The van der Waals surface area contributed by atoms with Crippen molar-refractivity contribution < 1.29 is 4.79 Å². The Kier molecular flexibility index (Phi) is 3.09. The SMILES string of the molecule is Cn1c(CNC(=O)C(C)(C)N)nc2ccccc21. The van der Waals surface area contributed by atoms with E-state index in [9.17, 15) is 4.79 Å². The fourth-order valence-electron chi connectivity index (χ4n) is 1.74. The van der Waals surface area contributed by atoms with Crippen LogP contribution >= 0.6 is 0 Å². The van der Waals surface area contributed by atoms with E-state index in [1.807, 2.05) is 35.9 Å². The number of hydrogen-bond acceptors (Lipinski definition) is 3. The van der Waals surface area contributed by atoms with E-state index in [1.165, 1.54) is 0 Å². The van der Waals surface area contributed by atoms with Crippen LogP contribution in [0.4, 0.5) is 0 Å². The number of rotatable bonds is 3. The predicted molar refractivity (Wildman–Crippen MR) is 70.8 cm³/mol. The van der Waals surface area contributed by atoms with Gasteiger partial charge in [-0.25, -0.2) is 4.98 Å². The Morgan fingerprint density at radius 1 is 1.44 bits per heavy atom. The summed E-state index contributed by atoms with van der Waals surface area (Å²) in [7, 11) is 1.93. The molecule has 0 saturated heterocycles. The fraction of sp³-hybridized carbons (Fsp3) is 0.385. The van der Waals surface area contributed by atoms with Crippen molar-refractivity contribution >= 4 is 16.9 Å². The maximum Gasteiger partial charge on any atom is 0.239 e. The highest BCUT2D eigenvalue weighted by molar-refractivity contribution is 5.85. The van der Waals surface area contributed by atoms with E-state index in [4.69, 9.17) is 5.73 Å². The number of nitrogens with one attached hydrogen (secondary N) is 1. The van der Waals surface area contributed by atoms with Crippen LogP contribution < -0.4 is 11.1 Å². The van der Waals surface area contributed by atoms with Crippen LogP contribution in [0.2, 0.25) is 0 Å². The minimum Gasteiger partial charge on any atom is -0.347 e. The molecule has 0 radical (unpaired) electrons. The molecule has 2 aromatic rings. The number of hydrogen-bond donors (Lipinski definition) is 2. The van der Waals surface area contributed by atoms with Gasteiger partial charge in [0.2, 0.25) is 5.91 Å². The van der Waals surface area contributed by atoms with E-state index < -0.39 is 5.54 Å². The third kappa shape index (κ3) is 2.36. The predicted octanol–water partition coefficient (Wildman–Crippen LogP) is 0.927. The summed E-state index contributed by atoms with van der Waals surface area (Å²) >= 11 is 0. The molecule has 0 aliphatic rings. The Labute approximate surface area is 106 Å². The number of amides is 1. The van der Waals surface area contributed by atoms with Crippen LogP contribution in [0.3, 0.4) is 0 Å². The van der Waals surface area contributed by atoms with Crippen molar-refractivity contribution in [1.82, 2.24) is 14.9 Å². The fourth-order valence-corrected chi connectivity index (χ4v) is 1.74. The summed E-state index contributed by atoms with van der Waals surface area (Å²) in [5, 5.41) is 2.79. The lowest BCUT2D eigenvalue weighted by molar-refractivity contribution is -0.125. The summed E-state index contributed by atoms with van der Waals surface area (Å²) in [5.74, 6) is 0.628. The van der Waals surface area contributed by atoms with Crippen molar-refractivity contribution in [3.05, 3.63) is 30.1 Å². The maximum absolute atomic E-state index is 11.7. The average Bonchev–Trinajstić information content (AvgIpc) is 2.63. The number of imidazole rings is 1. The van der Waals surface area contributed by atoms with Crippen LogP contribution in [-0.2, 0) is 18.4 Å². The molecule has 0 fully saturated rings. The summed E-state index contributed by atoms with van der Waals surface area (Å²) in [5.41, 5.74) is 6.82. The minimum absolute atomic E-state index is 0.186. The van der Waals surface area contributed by atoms with Crippen LogP contribution in [-0.4, -0.2) is 21.0 Å². The van der Waals surface area contributed by atoms with Crippen LogP contribution in [0.25, 0.3) is 11.0 Å². The molecule has 96 valence electrons. The smallest absolute Gasteiger partial charge is 0.239 e. The van der Waals surface area contributed by atoms with E-state index in [0.717, 1.165) is 16.9 Å². The molecule has 1 heterocycles. The van der Waals surface area contributed by atoms with Gasteiger partial charge in [-0.15, -0.1) is 0 Å². The third-order valence-electron chi connectivity index (χ3n) is 2.87. The highest BCUT2D eigenvalue weighted by Gasteiger charge is 2.21. The number of benzene rings is 1. The maximum atomic E-state index is 11.7. The second kappa shape index (κ2) is 4.42. The summed E-state index contributed by atoms with van der Waals surface area (Å²) in [6, 6.07) is 7.87. The first-order valence-electron chi connectivity index (χ1n) is 5.87. The number of carbonyl (C=O) groups excluding carboxylic acids is 1. The van der Waals surface area contributed by atoms with Crippen molar-refractivity contribution in [1.29, 1.82) is 0 Å². The quantitative estimate of drug-likeness (QED) is 0.846. The monoisotopic (exact) mass is 246 g/mol. The lowest BCUT2D eigenvalue weighted by Gasteiger charge is -2.17. The molecule has 0 atom stereocenters. The van der Waals surface area contributed by atoms with Gasteiger partial charge in [-0.1, -0.05) is 12.1 Å². The zero-order valence-electron chi connectivity index (χ0n) is 10.9. The molecule has 0 spiro atoms. The van der Waals surface area contributed by atoms with Gasteiger partial charge in [0.1, 0.15) is 5.82 Å². The Morgan fingerprint density at radius 2 is 2.11 bits per heavy atom. The van der Waals surface area contributed by atoms with Gasteiger partial charge in [0.25, 0.3) is 0 Å². The van der Waals surface area contributed by atoms with Gasteiger partial charge in [-0.2, -0.15) is 0 Å². The van der Waals surface area contributed by atoms with Gasteiger partial charge in [-0.05, 0) is 26.0 Å². The van der Waals surface area contributed by atoms with E-state index in [2.05, 4.69) is 10.3 Å². The third-order valence-corrected chi connectivity index (χ3v) is 2.87. The molecule has 0 aliphatic carbocycles. The second-order valence-electron chi connectivity index (χ2n) is 4.98. The van der Waals surface area contributed by atoms with Gasteiger partial charge < -0.3 is 15.6 Å².